The van der Waals surface area contributed by atoms with Crippen molar-refractivity contribution in [2.24, 2.45) is 23.7 Å². The van der Waals surface area contributed by atoms with Crippen molar-refractivity contribution in [3.8, 4) is 0 Å². The van der Waals surface area contributed by atoms with Gasteiger partial charge in [-0.15, -0.1) is 0 Å². The first-order valence-electron chi connectivity index (χ1n) is 11.4. The summed E-state index contributed by atoms with van der Waals surface area (Å²) in [6.45, 7) is 1.74. The molecular formula is C27H29BrO3. The molecule has 2 fully saturated rings. The van der Waals surface area contributed by atoms with Crippen molar-refractivity contribution in [1.82, 2.24) is 0 Å². The van der Waals surface area contributed by atoms with E-state index in [0.29, 0.717) is 18.3 Å². The highest BCUT2D eigenvalue weighted by molar-refractivity contribution is 9.10. The van der Waals surface area contributed by atoms with Crippen molar-refractivity contribution in [1.29, 1.82) is 0 Å². The van der Waals surface area contributed by atoms with Crippen molar-refractivity contribution >= 4 is 27.7 Å². The lowest BCUT2D eigenvalue weighted by atomic mass is 9.48. The molecule has 2 aromatic rings. The van der Waals surface area contributed by atoms with E-state index in [1.54, 1.807) is 6.92 Å². The van der Waals surface area contributed by atoms with Crippen LogP contribution in [0.25, 0.3) is 0 Å². The number of hydrogen-bond donors (Lipinski definition) is 0. The minimum Gasteiger partial charge on any atom is -0.469 e. The van der Waals surface area contributed by atoms with E-state index >= 15 is 0 Å². The molecule has 0 heterocycles. The SMILES string of the molecule is COC(=O)[C@H]1C[C@]2(c3ccc(Br)cc3)[C@H](C(C)=O)CC[C@H]2[C@@H]2CCc3ccccc3[C@@H]21. The minimum atomic E-state index is -0.293. The van der Waals surface area contributed by atoms with E-state index in [1.807, 2.05) is 0 Å². The third-order valence-corrected chi connectivity index (χ3v) is 9.09. The molecule has 31 heavy (non-hydrogen) atoms. The van der Waals surface area contributed by atoms with E-state index in [-0.39, 0.29) is 34.9 Å². The fourth-order valence-electron chi connectivity index (χ4n) is 7.53. The van der Waals surface area contributed by atoms with Crippen LogP contribution >= 0.6 is 15.9 Å². The molecule has 162 valence electrons. The molecular weight excluding hydrogens is 452 g/mol. The molecule has 0 aliphatic heterocycles. The Kier molecular flexibility index (Phi) is 5.32. The average Bonchev–Trinajstić information content (AvgIpc) is 3.19. The second kappa shape index (κ2) is 7.88. The molecule has 2 saturated carbocycles. The fraction of sp³-hybridized carbons (Fsp3) is 0.481. The van der Waals surface area contributed by atoms with Crippen LogP contribution in [0.3, 0.4) is 0 Å². The first-order chi connectivity index (χ1) is 15.0. The second-order valence-electron chi connectivity index (χ2n) is 9.66. The van der Waals surface area contributed by atoms with Crippen LogP contribution in [0.4, 0.5) is 0 Å². The van der Waals surface area contributed by atoms with Crippen molar-refractivity contribution in [3.05, 3.63) is 69.7 Å². The maximum absolute atomic E-state index is 13.2. The number of aryl methyl sites for hydroxylation is 1. The van der Waals surface area contributed by atoms with E-state index in [1.165, 1.54) is 23.8 Å². The quantitative estimate of drug-likeness (QED) is 0.518. The average molecular weight is 481 g/mol. The molecule has 3 nitrogen and oxygen atoms in total. The summed E-state index contributed by atoms with van der Waals surface area (Å²) in [7, 11) is 1.50. The number of rotatable bonds is 3. The van der Waals surface area contributed by atoms with Crippen LogP contribution in [0.5, 0.6) is 0 Å². The zero-order valence-electron chi connectivity index (χ0n) is 18.1. The molecule has 5 rings (SSSR count). The van der Waals surface area contributed by atoms with Gasteiger partial charge in [0.05, 0.1) is 13.0 Å². The molecule has 0 aromatic heterocycles. The largest absolute Gasteiger partial charge is 0.469 e. The molecule has 0 unspecified atom stereocenters. The van der Waals surface area contributed by atoms with Gasteiger partial charge in [0.25, 0.3) is 0 Å². The molecule has 4 heteroatoms. The van der Waals surface area contributed by atoms with Gasteiger partial charge in [0.1, 0.15) is 5.78 Å². The van der Waals surface area contributed by atoms with Gasteiger partial charge in [-0.2, -0.15) is 0 Å². The van der Waals surface area contributed by atoms with E-state index in [4.69, 9.17) is 4.74 Å². The highest BCUT2D eigenvalue weighted by Gasteiger charge is 2.63. The number of benzene rings is 2. The van der Waals surface area contributed by atoms with Crippen LogP contribution in [0.1, 0.15) is 55.2 Å². The normalized spacial score (nSPS) is 33.7. The summed E-state index contributed by atoms with van der Waals surface area (Å²) >= 11 is 3.56. The summed E-state index contributed by atoms with van der Waals surface area (Å²) in [4.78, 5) is 26.1. The highest BCUT2D eigenvalue weighted by Crippen LogP contribution is 2.65. The van der Waals surface area contributed by atoms with Crippen molar-refractivity contribution in [3.63, 3.8) is 0 Å². The van der Waals surface area contributed by atoms with Crippen molar-refractivity contribution in [2.75, 3.05) is 7.11 Å². The number of carbonyl (C=O) groups is 2. The van der Waals surface area contributed by atoms with Gasteiger partial charge in [-0.1, -0.05) is 52.3 Å². The zero-order chi connectivity index (χ0) is 21.8. The third kappa shape index (κ3) is 3.13. The Morgan fingerprint density at radius 2 is 1.77 bits per heavy atom. The van der Waals surface area contributed by atoms with Crippen LogP contribution in [-0.4, -0.2) is 18.9 Å². The Morgan fingerprint density at radius 1 is 1.03 bits per heavy atom. The summed E-state index contributed by atoms with van der Waals surface area (Å²) < 4.78 is 6.40. The Bertz CT molecular complexity index is 1010. The third-order valence-electron chi connectivity index (χ3n) is 8.56. The topological polar surface area (TPSA) is 43.4 Å². The lowest BCUT2D eigenvalue weighted by molar-refractivity contribution is -0.152. The predicted octanol–water partition coefficient (Wildman–Crippen LogP) is 5.84. The molecule has 0 bridgehead atoms. The summed E-state index contributed by atoms with van der Waals surface area (Å²) in [5, 5.41) is 0. The summed E-state index contributed by atoms with van der Waals surface area (Å²) in [6, 6.07) is 17.1. The molecule has 0 amide bonds. The van der Waals surface area contributed by atoms with Gasteiger partial charge in [-0.25, -0.2) is 0 Å². The standard InChI is InChI=1S/C27H29BrO3/c1-16(29)23-13-14-24-21-12-7-17-5-3-4-6-20(17)25(21)22(26(30)31-2)15-27(23,24)18-8-10-19(28)11-9-18/h3-6,8-11,21-25H,7,12-15H2,1-2H3/t21-,22-,23-,24-,25-,27-/m0/s1. The van der Waals surface area contributed by atoms with Crippen LogP contribution in [0, 0.1) is 23.7 Å². The van der Waals surface area contributed by atoms with Crippen LogP contribution in [0.2, 0.25) is 0 Å². The maximum atomic E-state index is 13.2. The van der Waals surface area contributed by atoms with Gasteiger partial charge in [0.2, 0.25) is 0 Å². The number of methoxy groups -OCH3 is 1. The first-order valence-corrected chi connectivity index (χ1v) is 12.2. The molecule has 0 saturated heterocycles. The monoisotopic (exact) mass is 480 g/mol. The number of halogens is 1. The molecule has 0 radical (unpaired) electrons. The number of esters is 1. The number of hydrogen-bond acceptors (Lipinski definition) is 3. The smallest absolute Gasteiger partial charge is 0.309 e. The molecule has 0 N–H and O–H groups in total. The van der Waals surface area contributed by atoms with Gasteiger partial charge in [0, 0.05) is 21.7 Å². The summed E-state index contributed by atoms with van der Waals surface area (Å²) in [6.07, 6.45) is 4.77. The Labute approximate surface area is 192 Å². The van der Waals surface area contributed by atoms with Crippen molar-refractivity contribution in [2.45, 2.75) is 50.4 Å². The molecule has 3 aliphatic carbocycles. The molecule has 3 aliphatic rings. The number of ether oxygens (including phenoxy) is 1. The number of ketones is 1. The Balaban J connectivity index is 1.70. The van der Waals surface area contributed by atoms with Crippen LogP contribution < -0.4 is 0 Å². The first kappa shape index (κ1) is 20.9. The van der Waals surface area contributed by atoms with Crippen molar-refractivity contribution < 1.29 is 14.3 Å². The zero-order valence-corrected chi connectivity index (χ0v) is 19.7. The Morgan fingerprint density at radius 3 is 2.48 bits per heavy atom. The predicted molar refractivity (Wildman–Crippen MR) is 124 cm³/mol. The highest BCUT2D eigenvalue weighted by atomic mass is 79.9. The lowest BCUT2D eigenvalue weighted by Gasteiger charge is -2.55. The lowest BCUT2D eigenvalue weighted by Crippen LogP contribution is -2.53. The molecule has 6 atom stereocenters. The number of fused-ring (bicyclic) bond motifs is 5. The maximum Gasteiger partial charge on any atom is 0.309 e. The van der Waals surface area contributed by atoms with Gasteiger partial charge in [0.15, 0.2) is 0 Å². The number of carbonyl (C=O) groups excluding carboxylic acids is 2. The summed E-state index contributed by atoms with van der Waals surface area (Å²) in [5.41, 5.74) is 3.61. The fourth-order valence-corrected chi connectivity index (χ4v) is 7.79. The second-order valence-corrected chi connectivity index (χ2v) is 10.6. The van der Waals surface area contributed by atoms with Crippen LogP contribution in [-0.2, 0) is 26.2 Å². The summed E-state index contributed by atoms with van der Waals surface area (Å²) in [5.74, 6) is 0.832. The molecule has 0 spiro atoms. The van der Waals surface area contributed by atoms with E-state index in [2.05, 4.69) is 64.5 Å². The van der Waals surface area contributed by atoms with Gasteiger partial charge >= 0.3 is 5.97 Å². The van der Waals surface area contributed by atoms with E-state index in [0.717, 1.165) is 30.2 Å². The van der Waals surface area contributed by atoms with Gasteiger partial charge in [-0.05, 0) is 79.7 Å². The number of Topliss-reactive ketones (excluding diaryl/α,β-unsaturated/α-hetero) is 1. The minimum absolute atomic E-state index is 0.0380. The molecule has 2 aromatic carbocycles. The van der Waals surface area contributed by atoms with Gasteiger partial charge < -0.3 is 4.74 Å². The van der Waals surface area contributed by atoms with E-state index < -0.39 is 0 Å². The van der Waals surface area contributed by atoms with E-state index in [9.17, 15) is 9.59 Å². The Hall–Kier alpha value is -1.94. The van der Waals surface area contributed by atoms with Gasteiger partial charge in [-0.3, -0.25) is 9.59 Å². The van der Waals surface area contributed by atoms with Crippen LogP contribution in [0.15, 0.2) is 53.0 Å².